The van der Waals surface area contributed by atoms with E-state index in [4.69, 9.17) is 0 Å². The Balaban J connectivity index is 2.91. The van der Waals surface area contributed by atoms with Crippen molar-refractivity contribution in [2.45, 2.75) is 19.8 Å². The van der Waals surface area contributed by atoms with Crippen molar-refractivity contribution >= 4 is 0 Å². The lowest BCUT2D eigenvalue weighted by Gasteiger charge is -2.08. The van der Waals surface area contributed by atoms with E-state index in [1.165, 1.54) is 19.4 Å². The van der Waals surface area contributed by atoms with Crippen molar-refractivity contribution in [2.24, 2.45) is 0 Å². The molecule has 0 aromatic heterocycles. The van der Waals surface area contributed by atoms with E-state index >= 15 is 0 Å². The maximum absolute atomic E-state index is 3.35. The van der Waals surface area contributed by atoms with Crippen molar-refractivity contribution in [3.05, 3.63) is 12.2 Å². The maximum atomic E-state index is 3.35. The number of nitrogens with zero attached hydrogens (tertiary/aromatic N) is 1. The van der Waals surface area contributed by atoms with Gasteiger partial charge in [-0.2, -0.15) is 0 Å². The molecule has 0 aliphatic heterocycles. The van der Waals surface area contributed by atoms with Gasteiger partial charge in [0.05, 0.1) is 0 Å². The third-order valence-corrected chi connectivity index (χ3v) is 1.71. The lowest BCUT2D eigenvalue weighted by atomic mass is 10.3. The highest BCUT2D eigenvalue weighted by Gasteiger charge is 1.89. The summed E-state index contributed by atoms with van der Waals surface area (Å²) in [4.78, 5) is 2.23. The maximum Gasteiger partial charge on any atom is 0.0134 e. The van der Waals surface area contributed by atoms with Crippen molar-refractivity contribution in [3.63, 3.8) is 0 Å². The van der Waals surface area contributed by atoms with Crippen molar-refractivity contribution in [3.8, 4) is 0 Å². The van der Waals surface area contributed by atoms with E-state index in [1.54, 1.807) is 0 Å². The van der Waals surface area contributed by atoms with Crippen LogP contribution < -0.4 is 5.32 Å². The molecule has 2 heteroatoms. The first-order chi connectivity index (χ1) is 5.77. The van der Waals surface area contributed by atoms with Gasteiger partial charge in [-0.15, -0.1) is 0 Å². The first kappa shape index (κ1) is 11.7. The van der Waals surface area contributed by atoms with E-state index < -0.39 is 0 Å². The zero-order chi connectivity index (χ0) is 9.23. The Morgan fingerprint density at radius 1 is 1.25 bits per heavy atom. The molecule has 2 nitrogen and oxygen atoms in total. The number of rotatable bonds is 7. The largest absolute Gasteiger partial charge is 0.313 e. The first-order valence-corrected chi connectivity index (χ1v) is 4.74. The van der Waals surface area contributed by atoms with Gasteiger partial charge in [0.15, 0.2) is 0 Å². The Labute approximate surface area is 76.6 Å². The predicted molar refractivity (Wildman–Crippen MR) is 55.5 cm³/mol. The standard InChI is InChI=1S/C10H22N2/c1-4-5-8-11-9-6-7-10-12(2)3/h4-5,11H,6-10H2,1-3H3/b5-4+. The third kappa shape index (κ3) is 9.66. The van der Waals surface area contributed by atoms with E-state index in [2.05, 4.69) is 36.5 Å². The molecule has 0 aliphatic rings. The summed E-state index contributed by atoms with van der Waals surface area (Å²) in [6.45, 7) is 5.40. The molecule has 0 aromatic carbocycles. The SMILES string of the molecule is C/C=C/CNCCCCN(C)C. The van der Waals surface area contributed by atoms with E-state index in [0.29, 0.717) is 0 Å². The summed E-state index contributed by atoms with van der Waals surface area (Å²) < 4.78 is 0. The topological polar surface area (TPSA) is 15.3 Å². The van der Waals surface area contributed by atoms with E-state index in [1.807, 2.05) is 6.92 Å². The molecule has 1 N–H and O–H groups in total. The van der Waals surface area contributed by atoms with Crippen molar-refractivity contribution < 1.29 is 0 Å². The molecular weight excluding hydrogens is 148 g/mol. The van der Waals surface area contributed by atoms with Crippen LogP contribution in [0.4, 0.5) is 0 Å². The number of nitrogens with one attached hydrogen (secondary N) is 1. The van der Waals surface area contributed by atoms with Gasteiger partial charge in [-0.25, -0.2) is 0 Å². The second kappa shape index (κ2) is 8.75. The molecule has 12 heavy (non-hydrogen) atoms. The summed E-state index contributed by atoms with van der Waals surface area (Å²) in [7, 11) is 4.24. The molecule has 0 bridgehead atoms. The minimum atomic E-state index is 1.01. The Bertz CT molecular complexity index is 108. The molecule has 0 radical (unpaired) electrons. The van der Waals surface area contributed by atoms with Crippen LogP contribution in [0.2, 0.25) is 0 Å². The molecule has 0 amide bonds. The van der Waals surface area contributed by atoms with Crippen LogP contribution in [0.3, 0.4) is 0 Å². The highest BCUT2D eigenvalue weighted by atomic mass is 15.0. The summed E-state index contributed by atoms with van der Waals surface area (Å²) in [6.07, 6.45) is 6.78. The Morgan fingerprint density at radius 3 is 2.58 bits per heavy atom. The van der Waals surface area contributed by atoms with Crippen LogP contribution in [0.5, 0.6) is 0 Å². The summed E-state index contributed by atoms with van der Waals surface area (Å²) >= 11 is 0. The van der Waals surface area contributed by atoms with Crippen LogP contribution in [0.25, 0.3) is 0 Å². The van der Waals surface area contributed by atoms with Gasteiger partial charge in [-0.1, -0.05) is 12.2 Å². The highest BCUT2D eigenvalue weighted by molar-refractivity contribution is 4.78. The van der Waals surface area contributed by atoms with E-state index in [-0.39, 0.29) is 0 Å². The lowest BCUT2D eigenvalue weighted by molar-refractivity contribution is 0.392. The van der Waals surface area contributed by atoms with Gasteiger partial charge >= 0.3 is 0 Å². The molecule has 0 saturated heterocycles. The van der Waals surface area contributed by atoms with Crippen LogP contribution in [0.1, 0.15) is 19.8 Å². The summed E-state index contributed by atoms with van der Waals surface area (Å²) in [5, 5.41) is 3.35. The van der Waals surface area contributed by atoms with Gasteiger partial charge in [0, 0.05) is 6.54 Å². The van der Waals surface area contributed by atoms with Gasteiger partial charge in [0.25, 0.3) is 0 Å². The Hall–Kier alpha value is -0.340. The van der Waals surface area contributed by atoms with Crippen molar-refractivity contribution in [1.29, 1.82) is 0 Å². The molecular formula is C10H22N2. The second-order valence-electron chi connectivity index (χ2n) is 3.28. The molecule has 0 aliphatic carbocycles. The molecule has 0 fully saturated rings. The predicted octanol–water partition coefficient (Wildman–Crippen LogP) is 1.49. The molecule has 0 rings (SSSR count). The Morgan fingerprint density at radius 2 is 2.00 bits per heavy atom. The van der Waals surface area contributed by atoms with Crippen molar-refractivity contribution in [2.75, 3.05) is 33.7 Å². The average Bonchev–Trinajstić information content (AvgIpc) is 2.02. The number of hydrogen-bond acceptors (Lipinski definition) is 2. The van der Waals surface area contributed by atoms with Gasteiger partial charge in [0.1, 0.15) is 0 Å². The minimum absolute atomic E-state index is 1.01. The van der Waals surface area contributed by atoms with Crippen LogP contribution in [-0.4, -0.2) is 38.6 Å². The number of unbranched alkanes of at least 4 members (excludes halogenated alkanes) is 1. The zero-order valence-corrected chi connectivity index (χ0v) is 8.64. The van der Waals surface area contributed by atoms with Gasteiger partial charge in [-0.05, 0) is 47.0 Å². The summed E-state index contributed by atoms with van der Waals surface area (Å²) in [6, 6.07) is 0. The fraction of sp³-hybridized carbons (Fsp3) is 0.800. The number of hydrogen-bond donors (Lipinski definition) is 1. The van der Waals surface area contributed by atoms with Gasteiger partial charge in [0.2, 0.25) is 0 Å². The van der Waals surface area contributed by atoms with Crippen LogP contribution in [0.15, 0.2) is 12.2 Å². The number of allylic oxidation sites excluding steroid dienone is 1. The molecule has 72 valence electrons. The lowest BCUT2D eigenvalue weighted by Crippen LogP contribution is -2.18. The molecule has 0 unspecified atom stereocenters. The third-order valence-electron chi connectivity index (χ3n) is 1.71. The molecule has 0 atom stereocenters. The van der Waals surface area contributed by atoms with Gasteiger partial charge in [-0.3, -0.25) is 0 Å². The van der Waals surface area contributed by atoms with Crippen molar-refractivity contribution in [1.82, 2.24) is 10.2 Å². The highest BCUT2D eigenvalue weighted by Crippen LogP contribution is 1.88. The molecule has 0 spiro atoms. The molecule has 0 heterocycles. The van der Waals surface area contributed by atoms with Crippen LogP contribution in [0, 0.1) is 0 Å². The molecule has 0 aromatic rings. The second-order valence-corrected chi connectivity index (χ2v) is 3.28. The smallest absolute Gasteiger partial charge is 0.0134 e. The quantitative estimate of drug-likeness (QED) is 0.460. The zero-order valence-electron chi connectivity index (χ0n) is 8.64. The van der Waals surface area contributed by atoms with Crippen LogP contribution >= 0.6 is 0 Å². The van der Waals surface area contributed by atoms with Gasteiger partial charge < -0.3 is 10.2 Å². The normalized spacial score (nSPS) is 11.7. The minimum Gasteiger partial charge on any atom is -0.313 e. The van der Waals surface area contributed by atoms with Crippen LogP contribution in [-0.2, 0) is 0 Å². The fourth-order valence-electron chi connectivity index (χ4n) is 0.981. The average molecular weight is 170 g/mol. The molecule has 0 saturated carbocycles. The monoisotopic (exact) mass is 170 g/mol. The van der Waals surface area contributed by atoms with E-state index in [9.17, 15) is 0 Å². The summed E-state index contributed by atoms with van der Waals surface area (Å²) in [5.74, 6) is 0. The fourth-order valence-corrected chi connectivity index (χ4v) is 0.981. The summed E-state index contributed by atoms with van der Waals surface area (Å²) in [5.41, 5.74) is 0. The van der Waals surface area contributed by atoms with E-state index in [0.717, 1.165) is 13.1 Å². The first-order valence-electron chi connectivity index (χ1n) is 4.74. The Kier molecular flexibility index (Phi) is 8.51.